The Balaban J connectivity index is 1.73. The Hall–Kier alpha value is -3.49. The third-order valence-electron chi connectivity index (χ3n) is 5.78. The molecule has 14 heteroatoms. The van der Waals surface area contributed by atoms with Crippen LogP contribution >= 0.6 is 0 Å². The van der Waals surface area contributed by atoms with Gasteiger partial charge in [0.1, 0.15) is 28.3 Å². The Bertz CT molecular complexity index is 1400. The summed E-state index contributed by atoms with van der Waals surface area (Å²) in [5.74, 6) is -0.578. The molecule has 1 amide bonds. The fourth-order valence-corrected chi connectivity index (χ4v) is 5.46. The van der Waals surface area contributed by atoms with E-state index in [2.05, 4.69) is 25.3 Å². The summed E-state index contributed by atoms with van der Waals surface area (Å²) in [5.41, 5.74) is 6.19. The summed E-state index contributed by atoms with van der Waals surface area (Å²) in [7, 11) is -4.28. The molecule has 1 atom stereocenters. The van der Waals surface area contributed by atoms with Gasteiger partial charge in [0.05, 0.1) is 12.1 Å². The number of nitrogens with zero attached hydrogens (tertiary/aromatic N) is 3. The maximum Gasteiger partial charge on any atom is 0.573 e. The SMILES string of the molecule is CCN(CCNCc1nc(N[C@H](C(N)=O)C(C)C)c2ccccc2n1)S(=O)(=O)c1ccccc1OC(F)(F)F. The molecular formula is C25H31F3N6O4S. The Kier molecular flexibility index (Phi) is 9.69. The van der Waals surface area contributed by atoms with Crippen molar-refractivity contribution in [3.05, 3.63) is 54.4 Å². The van der Waals surface area contributed by atoms with Crippen LogP contribution in [-0.4, -0.2) is 60.6 Å². The van der Waals surface area contributed by atoms with E-state index >= 15 is 0 Å². The number of nitrogens with one attached hydrogen (secondary N) is 2. The van der Waals surface area contributed by atoms with Crippen LogP contribution in [-0.2, 0) is 21.4 Å². The Morgan fingerprint density at radius 3 is 2.41 bits per heavy atom. The van der Waals surface area contributed by atoms with Gasteiger partial charge in [0, 0.05) is 25.0 Å². The van der Waals surface area contributed by atoms with E-state index in [9.17, 15) is 26.4 Å². The third kappa shape index (κ3) is 7.77. The minimum atomic E-state index is -5.04. The topological polar surface area (TPSA) is 140 Å². The molecule has 0 aliphatic heterocycles. The Morgan fingerprint density at radius 1 is 1.10 bits per heavy atom. The molecule has 0 unspecified atom stereocenters. The van der Waals surface area contributed by atoms with Crippen molar-refractivity contribution in [2.24, 2.45) is 11.7 Å². The summed E-state index contributed by atoms with van der Waals surface area (Å²) in [4.78, 5) is 20.4. The Morgan fingerprint density at radius 2 is 1.77 bits per heavy atom. The predicted molar refractivity (Wildman–Crippen MR) is 140 cm³/mol. The number of primary amides is 1. The zero-order chi connectivity index (χ0) is 28.8. The smallest absolute Gasteiger partial charge is 0.404 e. The summed E-state index contributed by atoms with van der Waals surface area (Å²) in [6, 6.07) is 11.2. The number of anilines is 1. The van der Waals surface area contributed by atoms with Gasteiger partial charge in [0.15, 0.2) is 0 Å². The maximum atomic E-state index is 13.1. The van der Waals surface area contributed by atoms with Gasteiger partial charge < -0.3 is 21.1 Å². The molecule has 0 aliphatic rings. The normalized spacial score (nSPS) is 13.1. The number of nitrogens with two attached hydrogens (primary N) is 1. The zero-order valence-electron chi connectivity index (χ0n) is 21.7. The number of ether oxygens (including phenoxy) is 1. The number of fused-ring (bicyclic) bond motifs is 1. The number of rotatable bonds is 13. The number of carbonyl (C=O) groups is 1. The first-order valence-electron chi connectivity index (χ1n) is 12.2. The average Bonchev–Trinajstić information content (AvgIpc) is 2.85. The van der Waals surface area contributed by atoms with Crippen LogP contribution in [0, 0.1) is 5.92 Å². The molecule has 10 nitrogen and oxygen atoms in total. The largest absolute Gasteiger partial charge is 0.573 e. The number of sulfonamides is 1. The summed E-state index contributed by atoms with van der Waals surface area (Å²) in [5, 5.41) is 6.88. The van der Waals surface area contributed by atoms with E-state index in [1.165, 1.54) is 12.1 Å². The minimum Gasteiger partial charge on any atom is -0.404 e. The summed E-state index contributed by atoms with van der Waals surface area (Å²) >= 11 is 0. The second-order valence-electron chi connectivity index (χ2n) is 8.94. The fraction of sp³-hybridized carbons (Fsp3) is 0.400. The van der Waals surface area contributed by atoms with Gasteiger partial charge >= 0.3 is 6.36 Å². The van der Waals surface area contributed by atoms with Crippen molar-refractivity contribution in [2.75, 3.05) is 25.0 Å². The van der Waals surface area contributed by atoms with Crippen molar-refractivity contribution in [3.63, 3.8) is 0 Å². The van der Waals surface area contributed by atoms with E-state index in [0.717, 1.165) is 16.4 Å². The van der Waals surface area contributed by atoms with Crippen LogP contribution in [0.4, 0.5) is 19.0 Å². The third-order valence-corrected chi connectivity index (χ3v) is 7.80. The van der Waals surface area contributed by atoms with Crippen LogP contribution in [0.2, 0.25) is 0 Å². The van der Waals surface area contributed by atoms with Crippen LogP contribution in [0.3, 0.4) is 0 Å². The second-order valence-corrected chi connectivity index (χ2v) is 10.8. The van der Waals surface area contributed by atoms with Crippen LogP contribution in [0.5, 0.6) is 5.75 Å². The first-order chi connectivity index (χ1) is 18.3. The number of hydrogen-bond acceptors (Lipinski definition) is 8. The maximum absolute atomic E-state index is 13.1. The Labute approximate surface area is 224 Å². The van der Waals surface area contributed by atoms with E-state index in [0.29, 0.717) is 22.5 Å². The number of carbonyl (C=O) groups excluding carboxylic acids is 1. The highest BCUT2D eigenvalue weighted by Gasteiger charge is 2.35. The molecule has 0 radical (unpaired) electrons. The fourth-order valence-electron chi connectivity index (χ4n) is 3.89. The average molecular weight is 569 g/mol. The van der Waals surface area contributed by atoms with Gasteiger partial charge in [-0.1, -0.05) is 45.0 Å². The molecule has 1 aromatic heterocycles. The van der Waals surface area contributed by atoms with E-state index in [-0.39, 0.29) is 32.1 Å². The first-order valence-corrected chi connectivity index (χ1v) is 13.6. The number of halogens is 3. The minimum absolute atomic E-state index is 0.0224. The lowest BCUT2D eigenvalue weighted by Gasteiger charge is -2.22. The van der Waals surface area contributed by atoms with Gasteiger partial charge in [0.25, 0.3) is 0 Å². The van der Waals surface area contributed by atoms with Crippen molar-refractivity contribution >= 4 is 32.7 Å². The predicted octanol–water partition coefficient (Wildman–Crippen LogP) is 3.25. The van der Waals surface area contributed by atoms with Gasteiger partial charge in [-0.25, -0.2) is 18.4 Å². The number of amides is 1. The molecule has 4 N–H and O–H groups in total. The molecule has 3 rings (SSSR count). The molecule has 0 saturated heterocycles. The number of para-hydroxylation sites is 2. The molecule has 3 aromatic rings. The first kappa shape index (κ1) is 30.1. The van der Waals surface area contributed by atoms with Crippen molar-refractivity contribution < 1.29 is 31.1 Å². The molecule has 0 saturated carbocycles. The highest BCUT2D eigenvalue weighted by atomic mass is 32.2. The lowest BCUT2D eigenvalue weighted by Crippen LogP contribution is -2.40. The quantitative estimate of drug-likeness (QED) is 0.267. The van der Waals surface area contributed by atoms with Crippen molar-refractivity contribution in [3.8, 4) is 5.75 Å². The van der Waals surface area contributed by atoms with Gasteiger partial charge in [-0.3, -0.25) is 4.79 Å². The van der Waals surface area contributed by atoms with E-state index in [1.54, 1.807) is 13.0 Å². The van der Waals surface area contributed by atoms with Crippen molar-refractivity contribution in [2.45, 2.75) is 44.6 Å². The summed E-state index contributed by atoms with van der Waals surface area (Å²) in [6.45, 7) is 5.60. The number of likely N-dealkylation sites (N-methyl/N-ethyl adjacent to an activating group) is 1. The van der Waals surface area contributed by atoms with Gasteiger partial charge in [-0.2, -0.15) is 4.31 Å². The molecule has 0 spiro atoms. The van der Waals surface area contributed by atoms with Gasteiger partial charge in [0.2, 0.25) is 15.9 Å². The second kappa shape index (κ2) is 12.6. The van der Waals surface area contributed by atoms with Crippen LogP contribution in [0.15, 0.2) is 53.4 Å². The molecule has 212 valence electrons. The van der Waals surface area contributed by atoms with E-state index in [4.69, 9.17) is 5.73 Å². The molecular weight excluding hydrogens is 537 g/mol. The summed E-state index contributed by atoms with van der Waals surface area (Å²) < 4.78 is 69.6. The highest BCUT2D eigenvalue weighted by molar-refractivity contribution is 7.89. The lowest BCUT2D eigenvalue weighted by atomic mass is 10.0. The zero-order valence-corrected chi connectivity index (χ0v) is 22.5. The standard InChI is InChI=1S/C25H31F3N6O4S/c1-4-34(39(36,37)20-12-8-7-11-19(20)38-25(26,27)28)14-13-30-15-21-31-18-10-6-5-9-17(18)24(32-21)33-22(16(2)3)23(29)35/h5-12,16,22,30H,4,13-15H2,1-3H3,(H2,29,35)(H,31,32,33)/t22-/m0/s1. The number of benzene rings is 2. The highest BCUT2D eigenvalue weighted by Crippen LogP contribution is 2.31. The number of alkyl halides is 3. The van der Waals surface area contributed by atoms with Gasteiger partial charge in [-0.05, 0) is 30.2 Å². The molecule has 0 aliphatic carbocycles. The summed E-state index contributed by atoms with van der Waals surface area (Å²) in [6.07, 6.45) is -5.04. The van der Waals surface area contributed by atoms with Crippen molar-refractivity contribution in [1.29, 1.82) is 0 Å². The number of hydrogen-bond donors (Lipinski definition) is 3. The van der Waals surface area contributed by atoms with Gasteiger partial charge in [-0.15, -0.1) is 13.2 Å². The molecule has 0 bridgehead atoms. The lowest BCUT2D eigenvalue weighted by molar-refractivity contribution is -0.275. The number of aromatic nitrogens is 2. The van der Waals surface area contributed by atoms with E-state index in [1.807, 2.05) is 32.0 Å². The monoisotopic (exact) mass is 568 g/mol. The van der Waals surface area contributed by atoms with E-state index < -0.39 is 39.0 Å². The van der Waals surface area contributed by atoms with Crippen molar-refractivity contribution in [1.82, 2.24) is 19.6 Å². The molecule has 0 fully saturated rings. The van der Waals surface area contributed by atoms with Crippen LogP contribution in [0.25, 0.3) is 10.9 Å². The molecule has 1 heterocycles. The van der Waals surface area contributed by atoms with Crippen LogP contribution in [0.1, 0.15) is 26.6 Å². The van der Waals surface area contributed by atoms with Crippen LogP contribution < -0.4 is 21.1 Å². The molecule has 2 aromatic carbocycles. The molecule has 39 heavy (non-hydrogen) atoms.